The topological polar surface area (TPSA) is 0 Å². The Hall–Kier alpha value is 2.66. The van der Waals surface area contributed by atoms with Crippen LogP contribution in [0.3, 0.4) is 0 Å². The second kappa shape index (κ2) is 4.53. The summed E-state index contributed by atoms with van der Waals surface area (Å²) in [5.41, 5.74) is 0. The van der Waals surface area contributed by atoms with E-state index in [0.717, 1.165) is 0 Å². The number of hydrogen-bond donors (Lipinski definition) is 0. The zero-order valence-electron chi connectivity index (χ0n) is 2.39. The number of rotatable bonds is 0. The minimum absolute atomic E-state index is 0. The van der Waals surface area contributed by atoms with E-state index in [9.17, 15) is 0 Å². The molecule has 0 fully saturated rings. The predicted octanol–water partition coefficient (Wildman–Crippen LogP) is 3.00. The van der Waals surface area contributed by atoms with Crippen molar-refractivity contribution in [3.63, 3.8) is 0 Å². The van der Waals surface area contributed by atoms with Gasteiger partial charge in [0.1, 0.15) is 0 Å². The standard InChI is InChI=1S/Br4Si.Mn/c1-5(2,3)4;. The molecule has 0 amide bonds. The van der Waals surface area contributed by atoms with E-state index >= 15 is 0 Å². The van der Waals surface area contributed by atoms with Crippen LogP contribution in [0.1, 0.15) is 0 Å². The average molecular weight is 403 g/mol. The van der Waals surface area contributed by atoms with Gasteiger partial charge < -0.3 is 0 Å². The molecule has 39 valence electrons. The molecule has 6 heteroatoms. The first-order chi connectivity index (χ1) is 2.00. The monoisotopic (exact) mass is 399 g/mol. The Morgan fingerprint density at radius 3 is 0.833 bits per heavy atom. The quantitative estimate of drug-likeness (QED) is 0.432. The second-order valence-corrected chi connectivity index (χ2v) is 34.7. The van der Waals surface area contributed by atoms with Gasteiger partial charge in [-0.3, -0.25) is 0 Å². The van der Waals surface area contributed by atoms with Gasteiger partial charge in [-0.2, -0.15) is 0 Å². The Labute approximate surface area is 79.6 Å². The molecule has 0 aliphatic rings. The van der Waals surface area contributed by atoms with Gasteiger partial charge >= 0.3 is 2.55 Å². The fourth-order valence-electron chi connectivity index (χ4n) is 0. The van der Waals surface area contributed by atoms with Crippen LogP contribution in [0.25, 0.3) is 0 Å². The molecule has 0 saturated carbocycles. The maximum atomic E-state index is 3.26. The Kier molecular flexibility index (Phi) is 8.64. The number of halogens is 4. The van der Waals surface area contributed by atoms with Crippen molar-refractivity contribution in [3.8, 4) is 0 Å². The zero-order valence-corrected chi connectivity index (χ0v) is 10.9. The average Bonchev–Trinajstić information content (AvgIpc) is 0.722. The maximum absolute atomic E-state index is 3.26. The van der Waals surface area contributed by atoms with E-state index < -0.39 is 2.55 Å². The summed E-state index contributed by atoms with van der Waals surface area (Å²) in [5, 5.41) is 0. The summed E-state index contributed by atoms with van der Waals surface area (Å²) >= 11 is 13.1. The predicted molar refractivity (Wildman–Crippen MR) is 41.5 cm³/mol. The molecule has 0 N–H and O–H groups in total. The molecule has 0 nitrogen and oxygen atoms in total. The summed E-state index contributed by atoms with van der Waals surface area (Å²) in [6, 6.07) is 0. The van der Waals surface area contributed by atoms with Gasteiger partial charge in [0.15, 0.2) is 0 Å². The Morgan fingerprint density at radius 1 is 0.833 bits per heavy atom. The van der Waals surface area contributed by atoms with Crippen LogP contribution in [0.2, 0.25) is 0 Å². The molecular formula is Br4MnSi. The molecule has 1 radical (unpaired) electrons. The third kappa shape index (κ3) is 30.2. The van der Waals surface area contributed by atoms with E-state index in [2.05, 4.69) is 61.2 Å². The van der Waals surface area contributed by atoms with E-state index in [1.165, 1.54) is 0 Å². The molecule has 0 aromatic rings. The summed E-state index contributed by atoms with van der Waals surface area (Å²) in [5.74, 6) is 0. The van der Waals surface area contributed by atoms with Crippen LogP contribution in [0.4, 0.5) is 0 Å². The van der Waals surface area contributed by atoms with Crippen molar-refractivity contribution < 1.29 is 17.1 Å². The first-order valence-electron chi connectivity index (χ1n) is 0.756. The Balaban J connectivity index is 0. The smallest absolute Gasteiger partial charge is 0.0840 e. The van der Waals surface area contributed by atoms with Gasteiger partial charge in [0.2, 0.25) is 0 Å². The molecule has 0 bridgehead atoms. The summed E-state index contributed by atoms with van der Waals surface area (Å²) in [7, 11) is 0. The first kappa shape index (κ1) is 11.5. The Bertz CT molecular complexity index is 23.0. The van der Waals surface area contributed by atoms with Gasteiger partial charge in [-0.25, -0.2) is 0 Å². The van der Waals surface area contributed by atoms with Crippen molar-refractivity contribution in [2.24, 2.45) is 0 Å². The van der Waals surface area contributed by atoms with Crippen molar-refractivity contribution in [2.45, 2.75) is 0 Å². The van der Waals surface area contributed by atoms with Crippen LogP contribution >= 0.6 is 61.2 Å². The Morgan fingerprint density at radius 2 is 0.833 bits per heavy atom. The van der Waals surface area contributed by atoms with E-state index in [1.807, 2.05) is 0 Å². The molecule has 0 spiro atoms. The summed E-state index contributed by atoms with van der Waals surface area (Å²) in [4.78, 5) is 0. The van der Waals surface area contributed by atoms with Gasteiger partial charge in [0, 0.05) is 17.1 Å². The molecule has 0 heterocycles. The molecule has 6 heavy (non-hydrogen) atoms. The largest absolute Gasteiger partial charge is 0.336 e. The van der Waals surface area contributed by atoms with Crippen molar-refractivity contribution in [3.05, 3.63) is 0 Å². The maximum Gasteiger partial charge on any atom is 0.336 e. The second-order valence-electron chi connectivity index (χ2n) is 0.429. The summed E-state index contributed by atoms with van der Waals surface area (Å²) in [6.07, 6.45) is 0. The SMILES string of the molecule is Br[Si](Br)(Br)Br.[Mn]. The van der Waals surface area contributed by atoms with E-state index in [1.54, 1.807) is 0 Å². The molecule has 0 rings (SSSR count). The molecule has 0 aliphatic carbocycles. The van der Waals surface area contributed by atoms with Gasteiger partial charge in [0.25, 0.3) is 0 Å². The van der Waals surface area contributed by atoms with Gasteiger partial charge in [-0.1, -0.05) is 61.2 Å². The summed E-state index contributed by atoms with van der Waals surface area (Å²) < 4.78 is -1.36. The molecule has 0 aliphatic heterocycles. The van der Waals surface area contributed by atoms with E-state index in [0.29, 0.717) is 0 Å². The van der Waals surface area contributed by atoms with Crippen LogP contribution < -0.4 is 0 Å². The molecule has 0 saturated heterocycles. The number of hydrogen-bond acceptors (Lipinski definition) is 0. The van der Waals surface area contributed by atoms with Gasteiger partial charge in [-0.05, 0) is 0 Å². The fourth-order valence-corrected chi connectivity index (χ4v) is 0. The zero-order chi connectivity index (χ0) is 4.50. The van der Waals surface area contributed by atoms with Crippen molar-refractivity contribution >= 4 is 63.7 Å². The van der Waals surface area contributed by atoms with Gasteiger partial charge in [-0.15, -0.1) is 0 Å². The molecule has 0 aromatic heterocycles. The van der Waals surface area contributed by atoms with Crippen LogP contribution in [0.5, 0.6) is 0 Å². The summed E-state index contributed by atoms with van der Waals surface area (Å²) in [6.45, 7) is 0. The van der Waals surface area contributed by atoms with Crippen molar-refractivity contribution in [1.82, 2.24) is 0 Å². The van der Waals surface area contributed by atoms with Crippen molar-refractivity contribution in [1.29, 1.82) is 0 Å². The third-order valence-electron chi connectivity index (χ3n) is 0. The minimum Gasteiger partial charge on any atom is -0.0840 e. The third-order valence-corrected chi connectivity index (χ3v) is 0. The van der Waals surface area contributed by atoms with Crippen LogP contribution in [0.15, 0.2) is 0 Å². The van der Waals surface area contributed by atoms with E-state index in [4.69, 9.17) is 0 Å². The first-order valence-corrected chi connectivity index (χ1v) is 11.8. The molecule has 0 unspecified atom stereocenters. The van der Waals surface area contributed by atoms with Gasteiger partial charge in [0.05, 0.1) is 0 Å². The normalized spacial score (nSPS) is 10.0. The van der Waals surface area contributed by atoms with Crippen molar-refractivity contribution in [2.75, 3.05) is 0 Å². The fraction of sp³-hybridized carbons (Fsp3) is 0. The molecule has 0 aromatic carbocycles. The molecule has 0 atom stereocenters. The minimum atomic E-state index is -1.36. The van der Waals surface area contributed by atoms with Crippen LogP contribution in [-0.4, -0.2) is 2.55 Å². The van der Waals surface area contributed by atoms with E-state index in [-0.39, 0.29) is 17.1 Å². The van der Waals surface area contributed by atoms with Crippen LogP contribution in [-0.2, 0) is 17.1 Å². The van der Waals surface area contributed by atoms with Crippen LogP contribution in [0, 0.1) is 0 Å². The molecular weight excluding hydrogens is 403 g/mol.